The standard InChI is InChI=1S/C7H6BrClFN/c1-3-2-4(8)6(10)5(9)7(3)11/h2H,11H2,1H3. The predicted octanol–water partition coefficient (Wildman–Crippen LogP) is 3.13. The van der Waals surface area contributed by atoms with Gasteiger partial charge in [-0.2, -0.15) is 0 Å². The number of rotatable bonds is 0. The predicted molar refractivity (Wildman–Crippen MR) is 48.3 cm³/mol. The van der Waals surface area contributed by atoms with E-state index in [0.717, 1.165) is 5.56 Å². The zero-order valence-electron chi connectivity index (χ0n) is 5.79. The molecule has 1 aromatic rings. The highest BCUT2D eigenvalue weighted by Crippen LogP contribution is 2.31. The Hall–Kier alpha value is -0.280. The minimum Gasteiger partial charge on any atom is -0.397 e. The molecule has 0 aliphatic rings. The topological polar surface area (TPSA) is 26.0 Å². The number of anilines is 1. The van der Waals surface area contributed by atoms with Crippen molar-refractivity contribution in [2.45, 2.75) is 6.92 Å². The Bertz CT molecular complexity index is 275. The van der Waals surface area contributed by atoms with Crippen LogP contribution in [0.3, 0.4) is 0 Å². The normalized spacial score (nSPS) is 10.2. The fourth-order valence-electron chi connectivity index (χ4n) is 0.727. The monoisotopic (exact) mass is 237 g/mol. The molecule has 1 rings (SSSR count). The van der Waals surface area contributed by atoms with Gasteiger partial charge in [-0.25, -0.2) is 4.39 Å². The Morgan fingerprint density at radius 3 is 2.73 bits per heavy atom. The minimum atomic E-state index is -0.505. The average Bonchev–Trinajstić information content (AvgIpc) is 1.97. The third-order valence-electron chi connectivity index (χ3n) is 1.41. The highest BCUT2D eigenvalue weighted by Gasteiger charge is 2.09. The number of nitrogen functional groups attached to an aromatic ring is 1. The van der Waals surface area contributed by atoms with Crippen LogP contribution < -0.4 is 5.73 Å². The number of hydrogen-bond acceptors (Lipinski definition) is 1. The van der Waals surface area contributed by atoms with Crippen LogP contribution in [0, 0.1) is 12.7 Å². The van der Waals surface area contributed by atoms with Gasteiger partial charge in [-0.1, -0.05) is 11.6 Å². The van der Waals surface area contributed by atoms with E-state index in [4.69, 9.17) is 17.3 Å². The van der Waals surface area contributed by atoms with Gasteiger partial charge in [-0.05, 0) is 34.5 Å². The molecule has 0 heterocycles. The summed E-state index contributed by atoms with van der Waals surface area (Å²) in [6.07, 6.45) is 0. The van der Waals surface area contributed by atoms with Crippen molar-refractivity contribution in [3.05, 3.63) is 26.9 Å². The summed E-state index contributed by atoms with van der Waals surface area (Å²) in [5.41, 5.74) is 6.52. The van der Waals surface area contributed by atoms with Crippen molar-refractivity contribution < 1.29 is 4.39 Å². The van der Waals surface area contributed by atoms with E-state index >= 15 is 0 Å². The van der Waals surface area contributed by atoms with Crippen LogP contribution in [0.1, 0.15) is 5.56 Å². The number of nitrogens with two attached hydrogens (primary N) is 1. The Labute approximate surface area is 77.5 Å². The van der Waals surface area contributed by atoms with E-state index in [9.17, 15) is 4.39 Å². The highest BCUT2D eigenvalue weighted by molar-refractivity contribution is 9.10. The lowest BCUT2D eigenvalue weighted by molar-refractivity contribution is 0.622. The molecule has 0 bridgehead atoms. The van der Waals surface area contributed by atoms with Crippen molar-refractivity contribution in [2.24, 2.45) is 0 Å². The molecule has 0 aliphatic carbocycles. The number of hydrogen-bond donors (Lipinski definition) is 1. The van der Waals surface area contributed by atoms with Crippen LogP contribution in [-0.2, 0) is 0 Å². The van der Waals surface area contributed by atoms with Crippen molar-refractivity contribution >= 4 is 33.2 Å². The molecule has 0 atom stereocenters. The summed E-state index contributed by atoms with van der Waals surface area (Å²) in [5, 5.41) is -0.0168. The van der Waals surface area contributed by atoms with Gasteiger partial charge in [0.25, 0.3) is 0 Å². The van der Waals surface area contributed by atoms with Crippen molar-refractivity contribution in [3.63, 3.8) is 0 Å². The van der Waals surface area contributed by atoms with E-state index in [0.29, 0.717) is 10.2 Å². The smallest absolute Gasteiger partial charge is 0.158 e. The van der Waals surface area contributed by atoms with Crippen molar-refractivity contribution in [1.29, 1.82) is 0 Å². The first-order valence-corrected chi connectivity index (χ1v) is 4.10. The third kappa shape index (κ3) is 1.49. The molecular formula is C7H6BrClFN. The number of benzene rings is 1. The summed E-state index contributed by atoms with van der Waals surface area (Å²) in [6, 6.07) is 1.59. The van der Waals surface area contributed by atoms with Crippen molar-refractivity contribution in [2.75, 3.05) is 5.73 Å². The second-order valence-electron chi connectivity index (χ2n) is 2.22. The molecule has 2 N–H and O–H groups in total. The quantitative estimate of drug-likeness (QED) is 0.545. The zero-order chi connectivity index (χ0) is 8.59. The summed E-state index contributed by atoms with van der Waals surface area (Å²) >= 11 is 8.57. The largest absolute Gasteiger partial charge is 0.397 e. The first-order chi connectivity index (χ1) is 5.04. The Morgan fingerprint density at radius 2 is 2.18 bits per heavy atom. The maximum atomic E-state index is 12.9. The van der Waals surface area contributed by atoms with E-state index in [2.05, 4.69) is 15.9 Å². The van der Waals surface area contributed by atoms with Gasteiger partial charge in [-0.3, -0.25) is 0 Å². The lowest BCUT2D eigenvalue weighted by atomic mass is 10.2. The molecule has 4 heteroatoms. The lowest BCUT2D eigenvalue weighted by Crippen LogP contribution is -1.94. The fourth-order valence-corrected chi connectivity index (χ4v) is 1.63. The SMILES string of the molecule is Cc1cc(Br)c(F)c(Cl)c1N. The fraction of sp³-hybridized carbons (Fsp3) is 0.143. The Morgan fingerprint density at radius 1 is 1.64 bits per heavy atom. The highest BCUT2D eigenvalue weighted by atomic mass is 79.9. The molecule has 0 aromatic heterocycles. The number of aryl methyl sites for hydroxylation is 1. The molecule has 0 spiro atoms. The molecule has 1 aromatic carbocycles. The van der Waals surface area contributed by atoms with E-state index in [1.54, 1.807) is 13.0 Å². The summed E-state index contributed by atoms with van der Waals surface area (Å²) in [5.74, 6) is -0.505. The molecule has 0 unspecified atom stereocenters. The zero-order valence-corrected chi connectivity index (χ0v) is 8.13. The summed E-state index contributed by atoms with van der Waals surface area (Å²) < 4.78 is 13.3. The Balaban J connectivity index is 3.46. The lowest BCUT2D eigenvalue weighted by Gasteiger charge is -2.04. The van der Waals surface area contributed by atoms with Gasteiger partial charge >= 0.3 is 0 Å². The van der Waals surface area contributed by atoms with Gasteiger partial charge in [0.15, 0.2) is 5.82 Å². The van der Waals surface area contributed by atoms with Crippen LogP contribution in [0.5, 0.6) is 0 Å². The molecular weight excluding hydrogens is 232 g/mol. The molecule has 0 saturated heterocycles. The van der Waals surface area contributed by atoms with Gasteiger partial charge in [0.05, 0.1) is 10.2 Å². The van der Waals surface area contributed by atoms with Crippen LogP contribution in [0.2, 0.25) is 5.02 Å². The molecule has 0 saturated carbocycles. The van der Waals surface area contributed by atoms with Gasteiger partial charge < -0.3 is 5.73 Å². The molecule has 0 aliphatic heterocycles. The molecule has 0 fully saturated rings. The first kappa shape index (κ1) is 8.81. The van der Waals surface area contributed by atoms with Crippen LogP contribution in [-0.4, -0.2) is 0 Å². The van der Waals surface area contributed by atoms with Crippen molar-refractivity contribution in [1.82, 2.24) is 0 Å². The van der Waals surface area contributed by atoms with E-state index < -0.39 is 5.82 Å². The average molecular weight is 238 g/mol. The van der Waals surface area contributed by atoms with E-state index in [1.807, 2.05) is 0 Å². The number of halogens is 3. The summed E-state index contributed by atoms with van der Waals surface area (Å²) in [4.78, 5) is 0. The maximum absolute atomic E-state index is 12.9. The van der Waals surface area contributed by atoms with Crippen LogP contribution in [0.15, 0.2) is 10.5 Å². The van der Waals surface area contributed by atoms with Crippen LogP contribution in [0.4, 0.5) is 10.1 Å². The molecule has 0 radical (unpaired) electrons. The second kappa shape index (κ2) is 2.99. The molecule has 11 heavy (non-hydrogen) atoms. The van der Waals surface area contributed by atoms with Gasteiger partial charge in [0.2, 0.25) is 0 Å². The first-order valence-electron chi connectivity index (χ1n) is 2.93. The maximum Gasteiger partial charge on any atom is 0.158 e. The Kier molecular flexibility index (Phi) is 2.40. The molecule has 1 nitrogen and oxygen atoms in total. The molecule has 0 amide bonds. The van der Waals surface area contributed by atoms with E-state index in [-0.39, 0.29) is 5.02 Å². The van der Waals surface area contributed by atoms with E-state index in [1.165, 1.54) is 0 Å². The minimum absolute atomic E-state index is 0.0168. The second-order valence-corrected chi connectivity index (χ2v) is 3.45. The third-order valence-corrected chi connectivity index (χ3v) is 2.35. The van der Waals surface area contributed by atoms with Crippen molar-refractivity contribution in [3.8, 4) is 0 Å². The van der Waals surface area contributed by atoms with Gasteiger partial charge in [0, 0.05) is 0 Å². The summed E-state index contributed by atoms with van der Waals surface area (Å²) in [7, 11) is 0. The van der Waals surface area contributed by atoms with Crippen LogP contribution >= 0.6 is 27.5 Å². The van der Waals surface area contributed by atoms with Gasteiger partial charge in [-0.15, -0.1) is 0 Å². The van der Waals surface area contributed by atoms with Crippen LogP contribution in [0.25, 0.3) is 0 Å². The summed E-state index contributed by atoms with van der Waals surface area (Å²) in [6.45, 7) is 1.77. The van der Waals surface area contributed by atoms with Gasteiger partial charge in [0.1, 0.15) is 5.02 Å². The molecule has 60 valence electrons.